The van der Waals surface area contributed by atoms with Crippen molar-refractivity contribution in [1.29, 1.82) is 0 Å². The molecule has 0 saturated carbocycles. The van der Waals surface area contributed by atoms with Crippen LogP contribution in [0, 0.1) is 6.92 Å². The summed E-state index contributed by atoms with van der Waals surface area (Å²) in [6.45, 7) is 2.11. The Morgan fingerprint density at radius 3 is 2.72 bits per heavy atom. The first-order chi connectivity index (χ1) is 13.7. The van der Waals surface area contributed by atoms with Crippen molar-refractivity contribution in [2.24, 2.45) is 0 Å². The number of aryl methyl sites for hydroxylation is 2. The zero-order chi connectivity index (χ0) is 21.0. The summed E-state index contributed by atoms with van der Waals surface area (Å²) in [7, 11) is 1.31. The fraction of sp³-hybridized carbons (Fsp3) is 0.278. The summed E-state index contributed by atoms with van der Waals surface area (Å²) in [5.74, 6) is -0.0302. The van der Waals surface area contributed by atoms with E-state index in [1.807, 2.05) is 6.92 Å². The van der Waals surface area contributed by atoms with Crippen molar-refractivity contribution < 1.29 is 22.7 Å². The van der Waals surface area contributed by atoms with E-state index in [-0.39, 0.29) is 18.2 Å². The van der Waals surface area contributed by atoms with Crippen molar-refractivity contribution in [3.05, 3.63) is 47.8 Å². The summed E-state index contributed by atoms with van der Waals surface area (Å²) in [5.41, 5.74) is 0.937. The summed E-state index contributed by atoms with van der Waals surface area (Å²) in [6, 6.07) is 5.24. The fourth-order valence-corrected chi connectivity index (χ4v) is 2.50. The number of hydrogen-bond donors (Lipinski definition) is 1. The third-order valence-electron chi connectivity index (χ3n) is 3.89. The van der Waals surface area contributed by atoms with E-state index < -0.39 is 11.7 Å². The van der Waals surface area contributed by atoms with Crippen LogP contribution in [0.4, 0.5) is 24.8 Å². The van der Waals surface area contributed by atoms with Crippen LogP contribution < -0.4 is 5.32 Å². The molecule has 0 aliphatic heterocycles. The Kier molecular flexibility index (Phi) is 5.76. The van der Waals surface area contributed by atoms with Gasteiger partial charge in [-0.05, 0) is 36.8 Å². The Morgan fingerprint density at radius 2 is 2.00 bits per heavy atom. The smallest absolute Gasteiger partial charge is 0.416 e. The number of esters is 1. The van der Waals surface area contributed by atoms with Gasteiger partial charge in [0.1, 0.15) is 17.3 Å². The van der Waals surface area contributed by atoms with Crippen molar-refractivity contribution in [3.63, 3.8) is 0 Å². The molecule has 0 amide bonds. The maximum Gasteiger partial charge on any atom is 0.416 e. The van der Waals surface area contributed by atoms with Gasteiger partial charge in [-0.3, -0.25) is 9.48 Å². The Labute approximate surface area is 163 Å². The monoisotopic (exact) mass is 406 g/mol. The summed E-state index contributed by atoms with van der Waals surface area (Å²) in [4.78, 5) is 19.5. The predicted molar refractivity (Wildman–Crippen MR) is 97.1 cm³/mol. The molecule has 0 saturated heterocycles. The highest BCUT2D eigenvalue weighted by atomic mass is 19.4. The number of nitrogens with one attached hydrogen (secondary N) is 1. The lowest BCUT2D eigenvalue weighted by Crippen LogP contribution is -2.07. The van der Waals surface area contributed by atoms with Crippen LogP contribution in [0.2, 0.25) is 0 Å². The third kappa shape index (κ3) is 5.27. The fourth-order valence-electron chi connectivity index (χ4n) is 2.50. The first-order valence-corrected chi connectivity index (χ1v) is 8.51. The summed E-state index contributed by atoms with van der Waals surface area (Å²) in [5, 5.41) is 10.8. The van der Waals surface area contributed by atoms with Gasteiger partial charge in [0.2, 0.25) is 0 Å². The molecule has 11 heteroatoms. The molecule has 29 heavy (non-hydrogen) atoms. The minimum Gasteiger partial charge on any atom is -0.469 e. The van der Waals surface area contributed by atoms with Crippen molar-refractivity contribution >= 4 is 17.6 Å². The standard InChI is InChI=1S/C18H17F3N6O2/c1-11-7-13(14-10-27(26-25-14)6-4-17(28)29-2)23-16(8-11)24-15-9-12(3-5-22-15)18(19,20)21/h3,5,7-10H,4,6H2,1-2H3,(H,22,23,24). The highest BCUT2D eigenvalue weighted by Gasteiger charge is 2.30. The second kappa shape index (κ2) is 8.25. The van der Waals surface area contributed by atoms with Gasteiger partial charge in [0.25, 0.3) is 0 Å². The molecule has 0 unspecified atom stereocenters. The summed E-state index contributed by atoms with van der Waals surface area (Å²) < 4.78 is 44.7. The summed E-state index contributed by atoms with van der Waals surface area (Å²) >= 11 is 0. The number of halogens is 3. The van der Waals surface area contributed by atoms with Crippen LogP contribution in [0.1, 0.15) is 17.5 Å². The maximum absolute atomic E-state index is 12.9. The van der Waals surface area contributed by atoms with Gasteiger partial charge in [-0.1, -0.05) is 5.21 Å². The molecule has 3 aromatic heterocycles. The van der Waals surface area contributed by atoms with Crippen LogP contribution >= 0.6 is 0 Å². The highest BCUT2D eigenvalue weighted by molar-refractivity contribution is 5.69. The number of rotatable bonds is 6. The van der Waals surface area contributed by atoms with E-state index in [2.05, 4.69) is 30.3 Å². The van der Waals surface area contributed by atoms with Crippen molar-refractivity contribution in [2.75, 3.05) is 12.4 Å². The lowest BCUT2D eigenvalue weighted by atomic mass is 10.2. The van der Waals surface area contributed by atoms with Gasteiger partial charge in [-0.15, -0.1) is 5.10 Å². The number of carbonyl (C=O) groups excluding carboxylic acids is 1. The van der Waals surface area contributed by atoms with Crippen LogP contribution in [-0.2, 0) is 22.3 Å². The molecule has 0 aliphatic rings. The average Bonchev–Trinajstić information content (AvgIpc) is 3.14. The molecule has 3 rings (SSSR count). The Balaban J connectivity index is 1.80. The number of aromatic nitrogens is 5. The molecule has 3 aromatic rings. The molecular formula is C18H17F3N6O2. The van der Waals surface area contributed by atoms with Gasteiger partial charge < -0.3 is 10.1 Å². The zero-order valence-corrected chi connectivity index (χ0v) is 15.6. The van der Waals surface area contributed by atoms with Crippen molar-refractivity contribution in [2.45, 2.75) is 26.1 Å². The van der Waals surface area contributed by atoms with Gasteiger partial charge in [0.15, 0.2) is 0 Å². The first-order valence-electron chi connectivity index (χ1n) is 8.51. The number of methoxy groups -OCH3 is 1. The van der Waals surface area contributed by atoms with E-state index in [0.29, 0.717) is 23.8 Å². The van der Waals surface area contributed by atoms with E-state index in [1.54, 1.807) is 18.3 Å². The van der Waals surface area contributed by atoms with Crippen LogP contribution in [0.25, 0.3) is 11.4 Å². The minimum absolute atomic E-state index is 0.0191. The second-order valence-corrected chi connectivity index (χ2v) is 6.16. The van der Waals surface area contributed by atoms with E-state index >= 15 is 0 Å². The van der Waals surface area contributed by atoms with Crippen molar-refractivity contribution in [1.82, 2.24) is 25.0 Å². The number of carbonyl (C=O) groups is 1. The predicted octanol–water partition coefficient (Wildman–Crippen LogP) is 3.37. The molecule has 0 aliphatic carbocycles. The number of alkyl halides is 3. The Bertz CT molecular complexity index is 1020. The van der Waals surface area contributed by atoms with Crippen LogP contribution in [0.15, 0.2) is 36.7 Å². The van der Waals surface area contributed by atoms with E-state index in [0.717, 1.165) is 23.9 Å². The molecular weight excluding hydrogens is 389 g/mol. The maximum atomic E-state index is 12.9. The van der Waals surface area contributed by atoms with Gasteiger partial charge in [-0.25, -0.2) is 9.97 Å². The first kappa shape index (κ1) is 20.2. The number of anilines is 2. The molecule has 1 N–H and O–H groups in total. The molecule has 0 fully saturated rings. The molecule has 0 spiro atoms. The lowest BCUT2D eigenvalue weighted by Gasteiger charge is -2.10. The number of hydrogen-bond acceptors (Lipinski definition) is 7. The minimum atomic E-state index is -4.47. The third-order valence-corrected chi connectivity index (χ3v) is 3.89. The molecule has 152 valence electrons. The summed E-state index contributed by atoms with van der Waals surface area (Å²) in [6.07, 6.45) is -1.62. The topological polar surface area (TPSA) is 94.8 Å². The quantitative estimate of drug-likeness (QED) is 0.627. The van der Waals surface area contributed by atoms with E-state index in [4.69, 9.17) is 0 Å². The van der Waals surface area contributed by atoms with E-state index in [1.165, 1.54) is 11.8 Å². The molecule has 0 bridgehead atoms. The molecule has 0 aromatic carbocycles. The number of ether oxygens (including phenoxy) is 1. The van der Waals surface area contributed by atoms with Gasteiger partial charge in [0.05, 0.1) is 37.5 Å². The van der Waals surface area contributed by atoms with Crippen molar-refractivity contribution in [3.8, 4) is 11.4 Å². The largest absolute Gasteiger partial charge is 0.469 e. The molecule has 3 heterocycles. The van der Waals surface area contributed by atoms with Gasteiger partial charge in [0, 0.05) is 6.20 Å². The molecule has 0 atom stereocenters. The number of nitrogens with zero attached hydrogens (tertiary/aromatic N) is 5. The van der Waals surface area contributed by atoms with Gasteiger partial charge in [-0.2, -0.15) is 13.2 Å². The van der Waals surface area contributed by atoms with E-state index in [9.17, 15) is 18.0 Å². The SMILES string of the molecule is COC(=O)CCn1cc(-c2cc(C)cc(Nc3cc(C(F)(F)F)ccn3)n2)nn1. The second-order valence-electron chi connectivity index (χ2n) is 6.16. The van der Waals surface area contributed by atoms with Crippen LogP contribution in [0.5, 0.6) is 0 Å². The average molecular weight is 406 g/mol. The number of pyridine rings is 2. The van der Waals surface area contributed by atoms with Crippen LogP contribution in [0.3, 0.4) is 0 Å². The Morgan fingerprint density at radius 1 is 1.21 bits per heavy atom. The normalized spacial score (nSPS) is 11.3. The Hall–Kier alpha value is -3.50. The van der Waals surface area contributed by atoms with Gasteiger partial charge >= 0.3 is 12.1 Å². The lowest BCUT2D eigenvalue weighted by molar-refractivity contribution is -0.141. The zero-order valence-electron chi connectivity index (χ0n) is 15.6. The highest BCUT2D eigenvalue weighted by Crippen LogP contribution is 2.30. The molecule has 8 nitrogen and oxygen atoms in total. The van der Waals surface area contributed by atoms with Crippen LogP contribution in [-0.4, -0.2) is 38.0 Å². The molecule has 0 radical (unpaired) electrons.